The second-order valence-electron chi connectivity index (χ2n) is 17.0. The molecule has 3 fully saturated rings. The number of hydrogen-bond acceptors (Lipinski definition) is 8. The molecule has 2 saturated heterocycles. The van der Waals surface area contributed by atoms with Crippen molar-refractivity contribution >= 4 is 52.5 Å². The second-order valence-corrected chi connectivity index (χ2v) is 17.4. The molecular formula is C43H45ClN6O6. The molecule has 1 unspecified atom stereocenters. The Hall–Kier alpha value is -5.25. The first-order chi connectivity index (χ1) is 26.6. The number of benzene rings is 3. The van der Waals surface area contributed by atoms with Gasteiger partial charge in [0, 0.05) is 67.3 Å². The third kappa shape index (κ3) is 6.50. The zero-order valence-electron chi connectivity index (χ0n) is 32.0. The van der Waals surface area contributed by atoms with E-state index in [9.17, 15) is 24.0 Å². The van der Waals surface area contributed by atoms with Crippen LogP contribution in [-0.4, -0.2) is 90.2 Å². The summed E-state index contributed by atoms with van der Waals surface area (Å²) < 4.78 is 6.38. The number of carbonyl (C=O) groups is 5. The van der Waals surface area contributed by atoms with E-state index in [2.05, 4.69) is 53.0 Å². The average Bonchev–Trinajstić information content (AvgIpc) is 3.67. The number of piperidine rings is 1. The minimum atomic E-state index is -0.962. The van der Waals surface area contributed by atoms with Crippen molar-refractivity contribution in [1.82, 2.24) is 20.4 Å². The van der Waals surface area contributed by atoms with Crippen LogP contribution in [0.25, 0.3) is 4.85 Å². The maximum atomic E-state index is 13.5. The van der Waals surface area contributed by atoms with Gasteiger partial charge in [0.2, 0.25) is 17.5 Å². The van der Waals surface area contributed by atoms with E-state index in [1.807, 2.05) is 36.4 Å². The minimum absolute atomic E-state index is 0.0962. The van der Waals surface area contributed by atoms with Gasteiger partial charge in [-0.1, -0.05) is 45.4 Å². The molecule has 56 heavy (non-hydrogen) atoms. The van der Waals surface area contributed by atoms with Gasteiger partial charge in [0.05, 0.1) is 22.7 Å². The van der Waals surface area contributed by atoms with Crippen molar-refractivity contribution in [3.05, 3.63) is 98.9 Å². The van der Waals surface area contributed by atoms with Crippen LogP contribution < -0.4 is 20.3 Å². The van der Waals surface area contributed by atoms with E-state index in [0.29, 0.717) is 39.1 Å². The number of carbonyl (C=O) groups excluding carboxylic acids is 5. The van der Waals surface area contributed by atoms with Crippen LogP contribution in [0.3, 0.4) is 0 Å². The summed E-state index contributed by atoms with van der Waals surface area (Å²) in [4.78, 5) is 73.4. The SMILES string of the molecule is [C-]#[N+]c1ccc(OC2C(C)(C)C(NC(=O)c3ccc(N4CCN(CC5Cc6cc7c(cc6C5)C(=O)N(C5CCC(=O)NC5=O)C7=O)CC4)cc3)C2(C)C)cc1Cl. The van der Waals surface area contributed by atoms with Crippen LogP contribution >= 0.6 is 11.6 Å². The molecule has 0 radical (unpaired) electrons. The van der Waals surface area contributed by atoms with Crippen LogP contribution in [0.1, 0.15) is 82.7 Å². The van der Waals surface area contributed by atoms with Crippen molar-refractivity contribution < 1.29 is 28.7 Å². The van der Waals surface area contributed by atoms with Gasteiger partial charge in [-0.15, -0.1) is 0 Å². The van der Waals surface area contributed by atoms with E-state index >= 15 is 0 Å². The summed E-state index contributed by atoms with van der Waals surface area (Å²) in [5, 5.41) is 5.88. The monoisotopic (exact) mass is 776 g/mol. The van der Waals surface area contributed by atoms with E-state index in [-0.39, 0.29) is 47.6 Å². The van der Waals surface area contributed by atoms with E-state index in [4.69, 9.17) is 22.9 Å². The van der Waals surface area contributed by atoms with Crippen molar-refractivity contribution in [2.45, 2.75) is 71.6 Å². The second kappa shape index (κ2) is 14.0. The summed E-state index contributed by atoms with van der Waals surface area (Å²) in [6.07, 6.45) is 1.70. The largest absolute Gasteiger partial charge is 0.489 e. The number of imide groups is 2. The summed E-state index contributed by atoms with van der Waals surface area (Å²) >= 11 is 6.25. The van der Waals surface area contributed by atoms with Crippen LogP contribution in [0.15, 0.2) is 54.6 Å². The number of fused-ring (bicyclic) bond motifs is 2. The van der Waals surface area contributed by atoms with Crippen LogP contribution in [0, 0.1) is 23.3 Å². The first-order valence-electron chi connectivity index (χ1n) is 19.2. The van der Waals surface area contributed by atoms with E-state index in [1.165, 1.54) is 0 Å². The highest BCUT2D eigenvalue weighted by molar-refractivity contribution is 6.33. The number of piperazine rings is 1. The summed E-state index contributed by atoms with van der Waals surface area (Å²) in [5.41, 5.74) is 4.19. The Balaban J connectivity index is 0.822. The van der Waals surface area contributed by atoms with Crippen LogP contribution in [0.4, 0.5) is 11.4 Å². The maximum absolute atomic E-state index is 13.5. The fourth-order valence-electron chi connectivity index (χ4n) is 9.99. The van der Waals surface area contributed by atoms with Gasteiger partial charge in [-0.05, 0) is 84.8 Å². The van der Waals surface area contributed by atoms with Gasteiger partial charge >= 0.3 is 0 Å². The lowest BCUT2D eigenvalue weighted by molar-refractivity contribution is -0.164. The van der Waals surface area contributed by atoms with Gasteiger partial charge in [-0.2, -0.15) is 0 Å². The zero-order chi connectivity index (χ0) is 39.7. The third-order valence-electron chi connectivity index (χ3n) is 12.6. The normalized spacial score (nSPS) is 24.2. The molecule has 1 atom stereocenters. The quantitative estimate of drug-likeness (QED) is 0.229. The number of nitrogens with one attached hydrogen (secondary N) is 2. The molecular weight excluding hydrogens is 732 g/mol. The maximum Gasteiger partial charge on any atom is 0.262 e. The Morgan fingerprint density at radius 1 is 0.911 bits per heavy atom. The van der Waals surface area contributed by atoms with Gasteiger partial charge in [-0.25, -0.2) is 4.85 Å². The fraction of sp³-hybridized carbons (Fsp3) is 0.442. The lowest BCUT2D eigenvalue weighted by atomic mass is 9.49. The molecule has 5 aliphatic rings. The lowest BCUT2D eigenvalue weighted by Crippen LogP contribution is -2.74. The molecule has 3 aliphatic heterocycles. The van der Waals surface area contributed by atoms with Crippen LogP contribution in [0.5, 0.6) is 5.75 Å². The number of hydrogen-bond donors (Lipinski definition) is 2. The summed E-state index contributed by atoms with van der Waals surface area (Å²) in [5.74, 6) is -1.07. The number of nitrogens with zero attached hydrogens (tertiary/aromatic N) is 4. The van der Waals surface area contributed by atoms with Crippen molar-refractivity contribution in [2.24, 2.45) is 16.7 Å². The molecule has 290 valence electrons. The average molecular weight is 777 g/mol. The van der Waals surface area contributed by atoms with Crippen molar-refractivity contribution in [1.29, 1.82) is 0 Å². The number of amides is 5. The molecule has 2 N–H and O–H groups in total. The number of anilines is 1. The molecule has 0 aromatic heterocycles. The van der Waals surface area contributed by atoms with Gasteiger partial charge in [0.25, 0.3) is 17.7 Å². The molecule has 13 heteroatoms. The Morgan fingerprint density at radius 2 is 1.54 bits per heavy atom. The Morgan fingerprint density at radius 3 is 2.11 bits per heavy atom. The van der Waals surface area contributed by atoms with E-state index < -0.39 is 23.8 Å². The van der Waals surface area contributed by atoms with E-state index in [0.717, 1.165) is 67.3 Å². The number of rotatable bonds is 8. The summed E-state index contributed by atoms with van der Waals surface area (Å²) in [6, 6.07) is 15.5. The smallest absolute Gasteiger partial charge is 0.262 e. The lowest BCUT2D eigenvalue weighted by Gasteiger charge is -2.63. The first-order valence-corrected chi connectivity index (χ1v) is 19.6. The van der Waals surface area contributed by atoms with Crippen molar-refractivity contribution in [2.75, 3.05) is 37.6 Å². The first kappa shape index (κ1) is 37.7. The topological polar surface area (TPSA) is 133 Å². The molecule has 3 heterocycles. The summed E-state index contributed by atoms with van der Waals surface area (Å²) in [6.45, 7) is 20.0. The highest BCUT2D eigenvalue weighted by atomic mass is 35.5. The number of ether oxygens (including phenoxy) is 1. The van der Waals surface area contributed by atoms with Crippen LogP contribution in [0.2, 0.25) is 5.02 Å². The van der Waals surface area contributed by atoms with Gasteiger partial charge < -0.3 is 15.0 Å². The minimum Gasteiger partial charge on any atom is -0.489 e. The molecule has 8 rings (SSSR count). The predicted octanol–water partition coefficient (Wildman–Crippen LogP) is 5.44. The molecule has 2 aliphatic carbocycles. The molecule has 12 nitrogen and oxygen atoms in total. The Bertz CT molecular complexity index is 2140. The number of halogens is 1. The molecule has 5 amide bonds. The van der Waals surface area contributed by atoms with Gasteiger partial charge in [0.1, 0.15) is 17.9 Å². The zero-order valence-corrected chi connectivity index (χ0v) is 32.7. The summed E-state index contributed by atoms with van der Waals surface area (Å²) in [7, 11) is 0. The highest BCUT2D eigenvalue weighted by Crippen LogP contribution is 2.55. The van der Waals surface area contributed by atoms with Gasteiger partial charge in [0.15, 0.2) is 0 Å². The predicted molar refractivity (Wildman–Crippen MR) is 210 cm³/mol. The van der Waals surface area contributed by atoms with E-state index in [1.54, 1.807) is 18.2 Å². The van der Waals surface area contributed by atoms with Gasteiger partial charge in [-0.3, -0.25) is 39.1 Å². The fourth-order valence-corrected chi connectivity index (χ4v) is 10.2. The molecule has 0 spiro atoms. The standard InChI is InChI=1S/C43H45ClN6O6/c1-42(2)40(43(3,4)41(42)56-29-10-11-33(45-5)32(44)22-29)47-36(52)25-6-8-28(9-7-25)49-16-14-48(15-17-49)23-24-18-26-20-30-31(21-27(26)19-24)39(55)50(38(30)54)34-12-13-35(51)46-37(34)53/h6-11,20-22,24,34,40-41H,12-19,23H2,1-4H3,(H,47,52)(H,46,51,53). The Kier molecular flexibility index (Phi) is 9.45. The van der Waals surface area contributed by atoms with Crippen molar-refractivity contribution in [3.63, 3.8) is 0 Å². The molecule has 0 bridgehead atoms. The molecule has 1 saturated carbocycles. The molecule has 3 aromatic rings. The highest BCUT2D eigenvalue weighted by Gasteiger charge is 2.64. The Labute approximate surface area is 331 Å². The third-order valence-corrected chi connectivity index (χ3v) is 12.9. The van der Waals surface area contributed by atoms with Crippen molar-refractivity contribution in [3.8, 4) is 5.75 Å². The van der Waals surface area contributed by atoms with Crippen LogP contribution in [-0.2, 0) is 22.4 Å². The molecule has 3 aromatic carbocycles.